The van der Waals surface area contributed by atoms with Crippen molar-refractivity contribution in [3.63, 3.8) is 0 Å². The molecule has 0 bridgehead atoms. The number of carbonyl (C=O) groups excluding carboxylic acids is 1. The van der Waals surface area contributed by atoms with Gasteiger partial charge in [-0.05, 0) is 39.2 Å². The van der Waals surface area contributed by atoms with E-state index in [9.17, 15) is 4.79 Å². The Kier molecular flexibility index (Phi) is 6.68. The standard InChI is InChI=1S/C19H18O2.C3H9N/c1-3-10-21-18-12-14-6-4-5-7-15(14)19(20)16-9-8-13(2)11-17(16)18;1-4(2)3/h3-9,11,18H,1,10,12H2,2H3;1-3H3. The predicted molar refractivity (Wildman–Crippen MR) is 103 cm³/mol. The molecular formula is C22H27NO2. The van der Waals surface area contributed by atoms with Crippen molar-refractivity contribution in [2.75, 3.05) is 27.7 Å². The molecule has 0 spiro atoms. The van der Waals surface area contributed by atoms with Crippen molar-refractivity contribution in [1.29, 1.82) is 0 Å². The highest BCUT2D eigenvalue weighted by molar-refractivity contribution is 6.11. The van der Waals surface area contributed by atoms with Crippen molar-refractivity contribution in [3.8, 4) is 0 Å². The Bertz CT molecular complexity index is 747. The van der Waals surface area contributed by atoms with E-state index in [4.69, 9.17) is 4.74 Å². The maximum Gasteiger partial charge on any atom is 0.193 e. The molecule has 132 valence electrons. The lowest BCUT2D eigenvalue weighted by molar-refractivity contribution is 0.0743. The van der Waals surface area contributed by atoms with Crippen molar-refractivity contribution in [1.82, 2.24) is 4.90 Å². The third kappa shape index (κ3) is 4.88. The maximum absolute atomic E-state index is 12.8. The minimum Gasteiger partial charge on any atom is -0.369 e. The molecule has 1 atom stereocenters. The number of ether oxygens (including phenoxy) is 1. The number of hydrogen-bond donors (Lipinski definition) is 0. The molecule has 3 heteroatoms. The number of nitrogens with zero attached hydrogens (tertiary/aromatic N) is 1. The van der Waals surface area contributed by atoms with Crippen LogP contribution in [0.25, 0.3) is 0 Å². The first kappa shape index (κ1) is 19.1. The first-order valence-corrected chi connectivity index (χ1v) is 8.50. The summed E-state index contributed by atoms with van der Waals surface area (Å²) in [5.74, 6) is 0.0882. The lowest BCUT2D eigenvalue weighted by atomic mass is 9.97. The summed E-state index contributed by atoms with van der Waals surface area (Å²) in [6.45, 7) is 6.22. The highest BCUT2D eigenvalue weighted by Crippen LogP contribution is 2.33. The van der Waals surface area contributed by atoms with Crippen molar-refractivity contribution in [2.24, 2.45) is 0 Å². The van der Waals surface area contributed by atoms with Crippen LogP contribution < -0.4 is 0 Å². The molecule has 0 aliphatic heterocycles. The van der Waals surface area contributed by atoms with Crippen LogP contribution in [0.1, 0.15) is 38.7 Å². The van der Waals surface area contributed by atoms with E-state index >= 15 is 0 Å². The monoisotopic (exact) mass is 337 g/mol. The minimum absolute atomic E-state index is 0.0882. The molecule has 0 amide bonds. The molecule has 2 aromatic rings. The normalized spacial score (nSPS) is 15.6. The molecule has 0 fully saturated rings. The van der Waals surface area contributed by atoms with Crippen molar-refractivity contribution in [3.05, 3.63) is 82.9 Å². The lowest BCUT2D eigenvalue weighted by Crippen LogP contribution is -2.09. The summed E-state index contributed by atoms with van der Waals surface area (Å²) < 4.78 is 5.93. The maximum atomic E-state index is 12.8. The van der Waals surface area contributed by atoms with Gasteiger partial charge in [0.05, 0.1) is 12.7 Å². The average molecular weight is 337 g/mol. The Morgan fingerprint density at radius 3 is 2.52 bits per heavy atom. The summed E-state index contributed by atoms with van der Waals surface area (Å²) in [6.07, 6.45) is 2.35. The van der Waals surface area contributed by atoms with E-state index in [-0.39, 0.29) is 11.9 Å². The molecular weight excluding hydrogens is 310 g/mol. The zero-order chi connectivity index (χ0) is 18.4. The number of hydrogen-bond acceptors (Lipinski definition) is 3. The van der Waals surface area contributed by atoms with Gasteiger partial charge in [-0.2, -0.15) is 0 Å². The van der Waals surface area contributed by atoms with Crippen LogP contribution >= 0.6 is 0 Å². The Morgan fingerprint density at radius 2 is 1.84 bits per heavy atom. The van der Waals surface area contributed by atoms with Gasteiger partial charge in [-0.25, -0.2) is 0 Å². The molecule has 1 unspecified atom stereocenters. The summed E-state index contributed by atoms with van der Waals surface area (Å²) >= 11 is 0. The molecule has 0 N–H and O–H groups in total. The molecule has 0 radical (unpaired) electrons. The molecule has 2 aromatic carbocycles. The molecule has 1 aliphatic carbocycles. The van der Waals surface area contributed by atoms with Gasteiger partial charge in [0.1, 0.15) is 0 Å². The van der Waals surface area contributed by atoms with E-state index in [1.54, 1.807) is 6.08 Å². The van der Waals surface area contributed by atoms with Crippen LogP contribution in [0.5, 0.6) is 0 Å². The van der Waals surface area contributed by atoms with Crippen LogP contribution in [0, 0.1) is 6.92 Å². The second-order valence-electron chi connectivity index (χ2n) is 6.73. The smallest absolute Gasteiger partial charge is 0.193 e. The van der Waals surface area contributed by atoms with Gasteiger partial charge in [-0.15, -0.1) is 6.58 Å². The fraction of sp³-hybridized carbons (Fsp3) is 0.318. The number of ketones is 1. The number of benzene rings is 2. The fourth-order valence-corrected chi connectivity index (χ4v) is 2.86. The Hall–Kier alpha value is -2.23. The number of rotatable bonds is 3. The molecule has 1 aliphatic rings. The van der Waals surface area contributed by atoms with E-state index in [2.05, 4.69) is 12.6 Å². The van der Waals surface area contributed by atoms with Crippen molar-refractivity contribution >= 4 is 5.78 Å². The quantitative estimate of drug-likeness (QED) is 0.786. The van der Waals surface area contributed by atoms with Gasteiger partial charge >= 0.3 is 0 Å². The van der Waals surface area contributed by atoms with Gasteiger partial charge in [0.15, 0.2) is 5.78 Å². The summed E-state index contributed by atoms with van der Waals surface area (Å²) in [5.41, 5.74) is 4.70. The Balaban J connectivity index is 0.000000511. The predicted octanol–water partition coefficient (Wildman–Crippen LogP) is 4.20. The number of carbonyl (C=O) groups is 1. The molecule has 0 aromatic heterocycles. The van der Waals surface area contributed by atoms with Gasteiger partial charge in [-0.1, -0.05) is 54.1 Å². The first-order chi connectivity index (χ1) is 11.9. The molecule has 0 heterocycles. The van der Waals surface area contributed by atoms with E-state index < -0.39 is 0 Å². The summed E-state index contributed by atoms with van der Waals surface area (Å²) in [5, 5.41) is 0. The van der Waals surface area contributed by atoms with Crippen LogP contribution in [0.15, 0.2) is 55.1 Å². The van der Waals surface area contributed by atoms with E-state index in [0.717, 1.165) is 27.8 Å². The largest absolute Gasteiger partial charge is 0.369 e. The Labute approximate surface area is 150 Å². The molecule has 0 saturated heterocycles. The molecule has 25 heavy (non-hydrogen) atoms. The SMILES string of the molecule is C=CCOC1Cc2ccccc2C(=O)c2ccc(C)cc21.CN(C)C. The molecule has 3 rings (SSSR count). The zero-order valence-corrected chi connectivity index (χ0v) is 15.6. The second kappa shape index (κ2) is 8.75. The van der Waals surface area contributed by atoms with Crippen LogP contribution in [-0.4, -0.2) is 38.4 Å². The highest BCUT2D eigenvalue weighted by atomic mass is 16.5. The van der Waals surface area contributed by atoms with Gasteiger partial charge < -0.3 is 9.64 Å². The first-order valence-electron chi connectivity index (χ1n) is 8.50. The van der Waals surface area contributed by atoms with Crippen molar-refractivity contribution < 1.29 is 9.53 Å². The Morgan fingerprint density at radius 1 is 1.16 bits per heavy atom. The third-order valence-electron chi connectivity index (χ3n) is 3.88. The lowest BCUT2D eigenvalue weighted by Gasteiger charge is -2.18. The van der Waals surface area contributed by atoms with Crippen LogP contribution in [0.2, 0.25) is 0 Å². The van der Waals surface area contributed by atoms with Crippen molar-refractivity contribution in [2.45, 2.75) is 19.4 Å². The second-order valence-corrected chi connectivity index (χ2v) is 6.73. The van der Waals surface area contributed by atoms with E-state index in [1.807, 2.05) is 69.4 Å². The third-order valence-corrected chi connectivity index (χ3v) is 3.88. The summed E-state index contributed by atoms with van der Waals surface area (Å²) in [6, 6.07) is 13.8. The number of fused-ring (bicyclic) bond motifs is 2. The van der Waals surface area contributed by atoms with Crippen LogP contribution in [0.3, 0.4) is 0 Å². The van der Waals surface area contributed by atoms with Gasteiger partial charge in [-0.3, -0.25) is 4.79 Å². The number of aryl methyl sites for hydroxylation is 1. The topological polar surface area (TPSA) is 29.5 Å². The van der Waals surface area contributed by atoms with Crippen LogP contribution in [0.4, 0.5) is 0 Å². The van der Waals surface area contributed by atoms with E-state index in [0.29, 0.717) is 13.0 Å². The van der Waals surface area contributed by atoms with Gasteiger partial charge in [0, 0.05) is 17.5 Å². The van der Waals surface area contributed by atoms with E-state index in [1.165, 1.54) is 0 Å². The van der Waals surface area contributed by atoms with Gasteiger partial charge in [0.25, 0.3) is 0 Å². The van der Waals surface area contributed by atoms with Crippen LogP contribution in [-0.2, 0) is 11.2 Å². The highest BCUT2D eigenvalue weighted by Gasteiger charge is 2.27. The molecule has 0 saturated carbocycles. The fourth-order valence-electron chi connectivity index (χ4n) is 2.86. The summed E-state index contributed by atoms with van der Waals surface area (Å²) in [4.78, 5) is 14.8. The molecule has 3 nitrogen and oxygen atoms in total. The minimum atomic E-state index is -0.106. The summed E-state index contributed by atoms with van der Waals surface area (Å²) in [7, 11) is 6.00. The van der Waals surface area contributed by atoms with Gasteiger partial charge in [0.2, 0.25) is 0 Å². The zero-order valence-electron chi connectivity index (χ0n) is 15.6. The average Bonchev–Trinajstić information content (AvgIpc) is 2.68.